The van der Waals surface area contributed by atoms with Gasteiger partial charge < -0.3 is 10.1 Å². The van der Waals surface area contributed by atoms with Crippen molar-refractivity contribution in [3.05, 3.63) is 28.2 Å². The largest absolute Gasteiger partial charge is 0.462 e. The summed E-state index contributed by atoms with van der Waals surface area (Å²) >= 11 is 1.32. The number of allylic oxidation sites excluding steroid dienone is 2. The Morgan fingerprint density at radius 3 is 2.32 bits per heavy atom. The van der Waals surface area contributed by atoms with Gasteiger partial charge in [0.15, 0.2) is 0 Å². The first kappa shape index (κ1) is 20.3. The number of carbonyl (C=O) groups is 4. The summed E-state index contributed by atoms with van der Waals surface area (Å²) in [5, 5.41) is 3.11. The van der Waals surface area contributed by atoms with E-state index < -0.39 is 11.9 Å². The van der Waals surface area contributed by atoms with Crippen molar-refractivity contribution in [1.29, 1.82) is 0 Å². The molecule has 3 rings (SSSR count). The number of nitrogens with zero attached hydrogens (tertiary/aromatic N) is 1. The zero-order chi connectivity index (χ0) is 20.4. The summed E-state index contributed by atoms with van der Waals surface area (Å²) in [5.74, 6) is -2.31. The topological polar surface area (TPSA) is 92.8 Å². The minimum Gasteiger partial charge on any atom is -0.462 e. The average molecular weight is 404 g/mol. The highest BCUT2D eigenvalue weighted by Gasteiger charge is 2.47. The van der Waals surface area contributed by atoms with Crippen LogP contribution in [0.5, 0.6) is 0 Å². The molecule has 0 saturated carbocycles. The van der Waals surface area contributed by atoms with E-state index in [1.165, 1.54) is 11.3 Å². The van der Waals surface area contributed by atoms with Crippen LogP contribution in [0.25, 0.3) is 0 Å². The van der Waals surface area contributed by atoms with E-state index in [9.17, 15) is 19.2 Å². The van der Waals surface area contributed by atoms with E-state index in [2.05, 4.69) is 5.32 Å². The van der Waals surface area contributed by atoms with Crippen LogP contribution in [0, 0.1) is 18.8 Å². The molecule has 3 amide bonds. The maximum absolute atomic E-state index is 12.6. The summed E-state index contributed by atoms with van der Waals surface area (Å²) in [6.45, 7) is 5.40. The molecule has 2 heterocycles. The molecule has 1 aliphatic heterocycles. The highest BCUT2D eigenvalue weighted by atomic mass is 32.1. The molecule has 8 heteroatoms. The quantitative estimate of drug-likeness (QED) is 0.447. The number of aryl methyl sites for hydroxylation is 1. The number of nitrogens with one attached hydrogen (secondary N) is 1. The molecule has 2 aliphatic rings. The monoisotopic (exact) mass is 404 g/mol. The van der Waals surface area contributed by atoms with E-state index in [1.54, 1.807) is 6.92 Å². The number of anilines is 1. The van der Waals surface area contributed by atoms with Gasteiger partial charge >= 0.3 is 5.97 Å². The smallest absolute Gasteiger partial charge is 0.341 e. The fourth-order valence-electron chi connectivity index (χ4n) is 3.77. The van der Waals surface area contributed by atoms with Crippen LogP contribution in [-0.4, -0.2) is 41.7 Å². The number of esters is 1. The third-order valence-corrected chi connectivity index (χ3v) is 6.55. The van der Waals surface area contributed by atoms with Gasteiger partial charge in [0.1, 0.15) is 11.5 Å². The van der Waals surface area contributed by atoms with Gasteiger partial charge in [-0.2, -0.15) is 0 Å². The molecule has 1 aromatic rings. The van der Waals surface area contributed by atoms with Crippen LogP contribution < -0.4 is 5.32 Å². The number of thiophene rings is 1. The number of hydrogen-bond acceptors (Lipinski definition) is 6. The van der Waals surface area contributed by atoms with Crippen molar-refractivity contribution in [3.8, 4) is 0 Å². The summed E-state index contributed by atoms with van der Waals surface area (Å²) in [6.07, 6.45) is 5.59. The Bertz CT molecular complexity index is 831. The van der Waals surface area contributed by atoms with Crippen LogP contribution in [0.2, 0.25) is 0 Å². The summed E-state index contributed by atoms with van der Waals surface area (Å²) in [7, 11) is 0. The van der Waals surface area contributed by atoms with Crippen molar-refractivity contribution >= 4 is 40.0 Å². The van der Waals surface area contributed by atoms with E-state index in [-0.39, 0.29) is 36.8 Å². The van der Waals surface area contributed by atoms with Gasteiger partial charge in [-0.05, 0) is 38.7 Å². The molecule has 1 aliphatic carbocycles. The van der Waals surface area contributed by atoms with Crippen molar-refractivity contribution in [3.63, 3.8) is 0 Å². The Morgan fingerprint density at radius 2 is 1.79 bits per heavy atom. The molecule has 1 aromatic heterocycles. The van der Waals surface area contributed by atoms with Gasteiger partial charge in [0.25, 0.3) is 0 Å². The molecule has 2 atom stereocenters. The maximum atomic E-state index is 12.6. The molecule has 0 aromatic carbocycles. The normalized spacial score (nSPS) is 21.0. The van der Waals surface area contributed by atoms with Crippen LogP contribution in [0.1, 0.15) is 47.5 Å². The van der Waals surface area contributed by atoms with Gasteiger partial charge in [0.2, 0.25) is 17.7 Å². The van der Waals surface area contributed by atoms with E-state index in [1.807, 2.05) is 26.0 Å². The van der Waals surface area contributed by atoms with E-state index >= 15 is 0 Å². The highest BCUT2D eigenvalue weighted by Crippen LogP contribution is 2.36. The molecule has 1 fully saturated rings. The molecule has 0 bridgehead atoms. The lowest BCUT2D eigenvalue weighted by atomic mass is 9.85. The Morgan fingerprint density at radius 1 is 1.18 bits per heavy atom. The van der Waals surface area contributed by atoms with Crippen molar-refractivity contribution in [2.75, 3.05) is 18.5 Å². The van der Waals surface area contributed by atoms with Crippen molar-refractivity contribution < 1.29 is 23.9 Å². The third-order valence-electron chi connectivity index (χ3n) is 5.20. The first-order valence-corrected chi connectivity index (χ1v) is 10.3. The lowest BCUT2D eigenvalue weighted by molar-refractivity contribution is -0.142. The van der Waals surface area contributed by atoms with E-state index in [0.29, 0.717) is 23.4 Å². The zero-order valence-electron chi connectivity index (χ0n) is 16.2. The molecule has 28 heavy (non-hydrogen) atoms. The standard InChI is InChI=1S/C20H24N2O5S/c1-4-14-11(3)16(20(26)27-5-2)17(28-14)21-15(23)10-22-18(24)12-8-6-7-9-13(12)19(22)25/h6-7,12-13H,4-5,8-10H2,1-3H3,(H,21,23)/t12-,13+. The number of imide groups is 1. The Labute approximate surface area is 167 Å². The molecule has 0 unspecified atom stereocenters. The van der Waals surface area contributed by atoms with Crippen LogP contribution in [0.3, 0.4) is 0 Å². The number of carbonyl (C=O) groups excluding carboxylic acids is 4. The fraction of sp³-hybridized carbons (Fsp3) is 0.500. The minimum atomic E-state index is -0.497. The van der Waals surface area contributed by atoms with Crippen LogP contribution in [-0.2, 0) is 25.5 Å². The number of likely N-dealkylation sites (tertiary alicyclic amines) is 1. The predicted molar refractivity (Wildman–Crippen MR) is 105 cm³/mol. The SMILES string of the molecule is CCOC(=O)c1c(NC(=O)CN2C(=O)[C@H]3CC=CC[C@H]3C2=O)sc(CC)c1C. The van der Waals surface area contributed by atoms with Gasteiger partial charge in [0.05, 0.1) is 24.0 Å². The number of ether oxygens (including phenoxy) is 1. The van der Waals surface area contributed by atoms with Crippen molar-refractivity contribution in [2.24, 2.45) is 11.8 Å². The van der Waals surface area contributed by atoms with E-state index in [0.717, 1.165) is 21.8 Å². The first-order chi connectivity index (χ1) is 13.4. The van der Waals surface area contributed by atoms with Crippen molar-refractivity contribution in [1.82, 2.24) is 4.90 Å². The Balaban J connectivity index is 1.76. The first-order valence-electron chi connectivity index (χ1n) is 9.48. The van der Waals surface area contributed by atoms with Crippen LogP contribution in [0.15, 0.2) is 12.2 Å². The van der Waals surface area contributed by atoms with Gasteiger partial charge in [-0.3, -0.25) is 19.3 Å². The molecular weight excluding hydrogens is 380 g/mol. The number of fused-ring (bicyclic) bond motifs is 1. The van der Waals surface area contributed by atoms with E-state index in [4.69, 9.17) is 4.74 Å². The zero-order valence-corrected chi connectivity index (χ0v) is 17.1. The molecule has 1 N–H and O–H groups in total. The summed E-state index contributed by atoms with van der Waals surface area (Å²) in [4.78, 5) is 52.0. The van der Waals surface area contributed by atoms with Gasteiger partial charge in [0, 0.05) is 4.88 Å². The summed E-state index contributed by atoms with van der Waals surface area (Å²) in [5.41, 5.74) is 1.13. The Hall–Kier alpha value is -2.48. The summed E-state index contributed by atoms with van der Waals surface area (Å²) < 4.78 is 5.11. The lowest BCUT2D eigenvalue weighted by Crippen LogP contribution is -2.38. The second-order valence-corrected chi connectivity index (χ2v) is 8.00. The predicted octanol–water partition coefficient (Wildman–Crippen LogP) is 2.69. The highest BCUT2D eigenvalue weighted by molar-refractivity contribution is 7.17. The fourth-order valence-corrected chi connectivity index (χ4v) is 4.92. The second-order valence-electron chi connectivity index (χ2n) is 6.89. The van der Waals surface area contributed by atoms with Gasteiger partial charge in [-0.25, -0.2) is 4.79 Å². The van der Waals surface area contributed by atoms with Crippen LogP contribution >= 0.6 is 11.3 Å². The molecule has 7 nitrogen and oxygen atoms in total. The molecular formula is C20H24N2O5S. The number of hydrogen-bond donors (Lipinski definition) is 1. The number of amides is 3. The Kier molecular flexibility index (Phi) is 5.98. The minimum absolute atomic E-state index is 0.233. The van der Waals surface area contributed by atoms with Crippen LogP contribution in [0.4, 0.5) is 5.00 Å². The molecule has 0 radical (unpaired) electrons. The number of rotatable bonds is 6. The van der Waals surface area contributed by atoms with Gasteiger partial charge in [-0.1, -0.05) is 19.1 Å². The molecule has 150 valence electrons. The second kappa shape index (κ2) is 8.26. The third kappa shape index (κ3) is 3.61. The lowest BCUT2D eigenvalue weighted by Gasteiger charge is -2.14. The molecule has 1 saturated heterocycles. The average Bonchev–Trinajstić information content (AvgIpc) is 3.11. The maximum Gasteiger partial charge on any atom is 0.341 e. The summed E-state index contributed by atoms with van der Waals surface area (Å²) in [6, 6.07) is 0. The van der Waals surface area contributed by atoms with Crippen molar-refractivity contribution in [2.45, 2.75) is 40.0 Å². The molecule has 0 spiro atoms. The van der Waals surface area contributed by atoms with Gasteiger partial charge in [-0.15, -0.1) is 11.3 Å².